The summed E-state index contributed by atoms with van der Waals surface area (Å²) in [6.45, 7) is 4.81. The van der Waals surface area contributed by atoms with Gasteiger partial charge >= 0.3 is 12.1 Å². The summed E-state index contributed by atoms with van der Waals surface area (Å²) in [5.41, 5.74) is 0.611. The summed E-state index contributed by atoms with van der Waals surface area (Å²) in [6.07, 6.45) is -1.36. The molecule has 0 aliphatic heterocycles. The Morgan fingerprint density at radius 1 is 1.17 bits per heavy atom. The van der Waals surface area contributed by atoms with Crippen LogP contribution in [0.5, 0.6) is 5.75 Å². The molecule has 2 fully saturated rings. The van der Waals surface area contributed by atoms with Crippen molar-refractivity contribution >= 4 is 46.8 Å². The lowest BCUT2D eigenvalue weighted by atomic mass is 9.52. The van der Waals surface area contributed by atoms with E-state index in [2.05, 4.69) is 10.6 Å². The number of carbonyl (C=O) groups is 7. The van der Waals surface area contributed by atoms with Crippen molar-refractivity contribution in [3.8, 4) is 5.75 Å². The second-order valence-electron chi connectivity index (χ2n) is 13.5. The third-order valence-corrected chi connectivity index (χ3v) is 8.98. The minimum Gasteiger partial charge on any atom is -0.505 e. The number of Topliss-reactive ketones (excluding diaryl/α,β-unsaturated/α-hetero) is 4. The molecule has 2 unspecified atom stereocenters. The number of carboxylic acids is 1. The molecular weight excluding hydrogens is 623 g/mol. The molecule has 2 amide bonds. The van der Waals surface area contributed by atoms with Crippen molar-refractivity contribution in [2.75, 3.05) is 26.0 Å². The number of ketones is 4. The highest BCUT2D eigenvalue weighted by atomic mass is 19.1. The van der Waals surface area contributed by atoms with Gasteiger partial charge in [-0.3, -0.25) is 28.9 Å². The van der Waals surface area contributed by atoms with Crippen LogP contribution < -0.4 is 16.4 Å². The third-order valence-electron chi connectivity index (χ3n) is 8.98. The number of hydrogen-bond acceptors (Lipinski definition) is 12. The summed E-state index contributed by atoms with van der Waals surface area (Å²) in [7, 11) is 2.92. The zero-order chi connectivity index (χ0) is 35.3. The molecule has 7 N–H and O–H groups in total. The van der Waals surface area contributed by atoms with Crippen LogP contribution in [0.25, 0.3) is 0 Å². The molecule has 16 heteroatoms. The Labute approximate surface area is 269 Å². The van der Waals surface area contributed by atoms with Crippen LogP contribution >= 0.6 is 0 Å². The summed E-state index contributed by atoms with van der Waals surface area (Å²) in [5, 5.41) is 37.2. The fraction of sp³-hybridized carbons (Fsp3) is 0.581. The Kier molecular flexibility index (Phi) is 9.52. The summed E-state index contributed by atoms with van der Waals surface area (Å²) >= 11 is 0. The Morgan fingerprint density at radius 2 is 1.81 bits per heavy atom. The van der Waals surface area contributed by atoms with Gasteiger partial charge < -0.3 is 36.4 Å². The second kappa shape index (κ2) is 12.6. The molecule has 0 spiro atoms. The summed E-state index contributed by atoms with van der Waals surface area (Å²) in [4.78, 5) is 91.3. The Hall–Kier alpha value is -4.44. The largest absolute Gasteiger partial charge is 0.505 e. The van der Waals surface area contributed by atoms with E-state index >= 15 is 4.39 Å². The number of carbonyl (C=O) groups excluding carboxylic acids is 6. The highest BCUT2D eigenvalue weighted by Crippen LogP contribution is 2.51. The zero-order valence-electron chi connectivity index (χ0n) is 26.6. The number of halogens is 1. The Morgan fingerprint density at radius 3 is 2.36 bits per heavy atom. The molecule has 4 rings (SSSR count). The van der Waals surface area contributed by atoms with E-state index in [1.165, 1.54) is 19.0 Å². The van der Waals surface area contributed by atoms with Gasteiger partial charge in [-0.25, -0.2) is 14.0 Å². The number of hydrogen-bond donors (Lipinski definition) is 6. The predicted molar refractivity (Wildman–Crippen MR) is 160 cm³/mol. The van der Waals surface area contributed by atoms with Gasteiger partial charge in [0.25, 0.3) is 0 Å². The van der Waals surface area contributed by atoms with Crippen LogP contribution in [0.2, 0.25) is 0 Å². The molecule has 256 valence electrons. The zero-order valence-corrected chi connectivity index (χ0v) is 26.6. The van der Waals surface area contributed by atoms with E-state index in [0.29, 0.717) is 0 Å². The number of phenols is 1. The van der Waals surface area contributed by atoms with Crippen molar-refractivity contribution in [2.45, 2.75) is 69.7 Å². The van der Waals surface area contributed by atoms with Gasteiger partial charge in [-0.2, -0.15) is 0 Å². The van der Waals surface area contributed by atoms with Crippen molar-refractivity contribution in [3.63, 3.8) is 0 Å². The second-order valence-corrected chi connectivity index (χ2v) is 13.5. The summed E-state index contributed by atoms with van der Waals surface area (Å²) in [6, 6.07) is -1.64. The van der Waals surface area contributed by atoms with E-state index in [9.17, 15) is 48.9 Å². The number of primary amides is 1. The van der Waals surface area contributed by atoms with Crippen LogP contribution in [0.15, 0.2) is 6.07 Å². The molecule has 1 aromatic rings. The van der Waals surface area contributed by atoms with Crippen LogP contribution in [0, 0.1) is 29.5 Å². The van der Waals surface area contributed by atoms with Gasteiger partial charge in [-0.1, -0.05) is 0 Å². The van der Waals surface area contributed by atoms with Crippen molar-refractivity contribution in [1.29, 1.82) is 0 Å². The lowest BCUT2D eigenvalue weighted by Gasteiger charge is -2.52. The molecule has 3 aliphatic carbocycles. The molecule has 1 aromatic carbocycles. The number of aliphatic carboxylic acids is 1. The predicted octanol–water partition coefficient (Wildman–Crippen LogP) is 0.176. The highest BCUT2D eigenvalue weighted by molar-refractivity contribution is 6.32. The maximum Gasteiger partial charge on any atom is 0.408 e. The van der Waals surface area contributed by atoms with Crippen molar-refractivity contribution < 1.29 is 58.0 Å². The first-order valence-corrected chi connectivity index (χ1v) is 15.1. The smallest absolute Gasteiger partial charge is 0.408 e. The van der Waals surface area contributed by atoms with E-state index in [1.54, 1.807) is 20.8 Å². The minimum atomic E-state index is -2.91. The molecule has 0 aromatic heterocycles. The number of likely N-dealkylation sites (N-methyl/N-ethyl adjacent to an activating group) is 1. The standard InChI is InChI=1S/C31H39FN4O11/c1-30(2,3)47-29(45)35-16(28(43)44)7-6-8-34-17-11-15(32)13-9-12-10-14-21(36(4)5)24(39)20(27(33)42)26(41)31(14,46)25(40)18(12)23(38)19(13)22(17)37/h11-12,14,16,18,20-21,34,37,46H,6-10H2,1-5H3,(H2,33,42)(H,35,45)(H,43,44)/t12-,14-,16-,18?,20?,21-,31-/m0/s1. The van der Waals surface area contributed by atoms with Gasteiger partial charge in [0.05, 0.1) is 23.2 Å². The lowest BCUT2D eigenvalue weighted by Crippen LogP contribution is -2.74. The number of alkyl carbamates (subject to hydrolysis) is 1. The molecule has 2 saturated carbocycles. The monoisotopic (exact) mass is 662 g/mol. The first-order chi connectivity index (χ1) is 21.7. The Bertz CT molecular complexity index is 1550. The number of ether oxygens (including phenoxy) is 1. The van der Waals surface area contributed by atoms with Gasteiger partial charge in [0, 0.05) is 24.1 Å². The van der Waals surface area contributed by atoms with E-state index in [-0.39, 0.29) is 43.5 Å². The molecule has 47 heavy (non-hydrogen) atoms. The normalized spacial score (nSPS) is 27.8. The number of carboxylic acid groups (broad SMARTS) is 1. The summed E-state index contributed by atoms with van der Waals surface area (Å²) in [5.74, 6) is -14.9. The number of aromatic hydroxyl groups is 1. The topological polar surface area (TPSA) is 243 Å². The molecule has 0 heterocycles. The number of benzene rings is 1. The average molecular weight is 663 g/mol. The van der Waals surface area contributed by atoms with Crippen molar-refractivity contribution in [3.05, 3.63) is 23.0 Å². The van der Waals surface area contributed by atoms with Crippen molar-refractivity contribution in [1.82, 2.24) is 10.2 Å². The van der Waals surface area contributed by atoms with E-state index < -0.39 is 105 Å². The highest BCUT2D eigenvalue weighted by Gasteiger charge is 2.69. The number of aliphatic hydroxyl groups is 1. The Balaban J connectivity index is 1.57. The molecule has 15 nitrogen and oxygen atoms in total. The first-order valence-electron chi connectivity index (χ1n) is 15.1. The molecule has 7 atom stereocenters. The van der Waals surface area contributed by atoms with Crippen LogP contribution in [0.4, 0.5) is 14.9 Å². The van der Waals surface area contributed by atoms with Crippen LogP contribution in [-0.2, 0) is 35.1 Å². The maximum atomic E-state index is 15.5. The van der Waals surface area contributed by atoms with Gasteiger partial charge in [0.2, 0.25) is 5.91 Å². The first kappa shape index (κ1) is 35.4. The average Bonchev–Trinajstić information content (AvgIpc) is 2.93. The number of amides is 2. The molecule has 0 bridgehead atoms. The number of nitrogens with two attached hydrogens (primary N) is 1. The number of rotatable bonds is 9. The van der Waals surface area contributed by atoms with E-state index in [1.807, 2.05) is 0 Å². The number of anilines is 1. The van der Waals surface area contributed by atoms with Crippen molar-refractivity contribution in [2.24, 2.45) is 29.4 Å². The summed E-state index contributed by atoms with van der Waals surface area (Å²) < 4.78 is 20.6. The number of phenolic OH excluding ortho intramolecular Hbond substituents is 1. The van der Waals surface area contributed by atoms with E-state index in [0.717, 1.165) is 6.07 Å². The molecular formula is C31H39FN4O11. The van der Waals surface area contributed by atoms with Gasteiger partial charge in [0.15, 0.2) is 34.7 Å². The van der Waals surface area contributed by atoms with E-state index in [4.69, 9.17) is 10.5 Å². The fourth-order valence-electron chi connectivity index (χ4n) is 7.00. The molecule has 0 radical (unpaired) electrons. The minimum absolute atomic E-state index is 0.0326. The maximum absolute atomic E-state index is 15.5. The number of nitrogens with zero attached hydrogens (tertiary/aromatic N) is 1. The van der Waals surface area contributed by atoms with Crippen LogP contribution in [-0.4, -0.2) is 105 Å². The van der Waals surface area contributed by atoms with Crippen LogP contribution in [0.3, 0.4) is 0 Å². The fourth-order valence-corrected chi connectivity index (χ4v) is 7.00. The molecule has 0 saturated heterocycles. The number of nitrogens with one attached hydrogen (secondary N) is 2. The van der Waals surface area contributed by atoms with Gasteiger partial charge in [-0.15, -0.1) is 0 Å². The van der Waals surface area contributed by atoms with Crippen LogP contribution in [0.1, 0.15) is 56.0 Å². The molecule has 3 aliphatic rings. The third kappa shape index (κ3) is 6.31. The lowest BCUT2D eigenvalue weighted by molar-refractivity contribution is -0.181. The quantitative estimate of drug-likeness (QED) is 0.118. The van der Waals surface area contributed by atoms with Gasteiger partial charge in [-0.05, 0) is 66.5 Å². The SMILES string of the molecule is CN(C)[C@@H]1C(=O)C(C(N)=O)C(=O)[C@@]2(O)C(=O)C3C(=O)c4c(O)c(NCCC[C@H](NC(=O)OC(C)(C)C)C(=O)O)cc(F)c4C[C@H]3C[C@@H]12. The number of fused-ring (bicyclic) bond motifs is 3. The van der Waals surface area contributed by atoms with Gasteiger partial charge in [0.1, 0.15) is 23.2 Å².